The zero-order chi connectivity index (χ0) is 14.6. The van der Waals surface area contributed by atoms with Gasteiger partial charge < -0.3 is 10.2 Å². The Kier molecular flexibility index (Phi) is 4.81. The molecular weight excluding hydrogens is 248 g/mol. The highest BCUT2D eigenvalue weighted by atomic mass is 16.2. The first-order chi connectivity index (χ1) is 9.63. The Morgan fingerprint density at radius 3 is 2.50 bits per heavy atom. The predicted molar refractivity (Wildman–Crippen MR) is 84.0 cm³/mol. The largest absolute Gasteiger partial charge is 0.316 e. The van der Waals surface area contributed by atoms with Gasteiger partial charge in [-0.25, -0.2) is 0 Å². The van der Waals surface area contributed by atoms with Crippen LogP contribution in [0.1, 0.15) is 38.7 Å². The monoisotopic (exact) mass is 274 g/mol. The average molecular weight is 274 g/mol. The van der Waals surface area contributed by atoms with Gasteiger partial charge in [-0.05, 0) is 51.8 Å². The Labute approximate surface area is 122 Å². The first kappa shape index (κ1) is 15.0. The fourth-order valence-electron chi connectivity index (χ4n) is 3.06. The lowest BCUT2D eigenvalue weighted by Gasteiger charge is -2.39. The van der Waals surface area contributed by atoms with Crippen LogP contribution in [0.5, 0.6) is 0 Å². The molecule has 1 N–H and O–H groups in total. The van der Waals surface area contributed by atoms with E-state index in [1.165, 1.54) is 5.56 Å². The normalized spacial score (nSPS) is 22.6. The number of piperidine rings is 1. The summed E-state index contributed by atoms with van der Waals surface area (Å²) in [4.78, 5) is 15.0. The minimum atomic E-state index is -0.223. The standard InChI is InChI=1S/C17H26N2O/c1-4-17(11-6-12-18-13-17)16(20)19(5-2)15-9-7-14(3)8-10-15/h7-10,18H,4-6,11-13H2,1-3H3. The lowest BCUT2D eigenvalue weighted by molar-refractivity contribution is -0.129. The molecular formula is C17H26N2O. The van der Waals surface area contributed by atoms with Crippen LogP contribution >= 0.6 is 0 Å². The van der Waals surface area contributed by atoms with Crippen LogP contribution < -0.4 is 10.2 Å². The lowest BCUT2D eigenvalue weighted by Crippen LogP contribution is -2.51. The molecule has 0 bridgehead atoms. The highest BCUT2D eigenvalue weighted by Crippen LogP contribution is 2.34. The summed E-state index contributed by atoms with van der Waals surface area (Å²) in [6.07, 6.45) is 2.99. The highest BCUT2D eigenvalue weighted by Gasteiger charge is 2.40. The van der Waals surface area contributed by atoms with Gasteiger partial charge in [-0.1, -0.05) is 24.6 Å². The van der Waals surface area contributed by atoms with Crippen LogP contribution in [0.2, 0.25) is 0 Å². The molecule has 1 aliphatic rings. The molecule has 1 amide bonds. The van der Waals surface area contributed by atoms with Crippen molar-refractivity contribution < 1.29 is 4.79 Å². The third kappa shape index (κ3) is 2.88. The molecule has 20 heavy (non-hydrogen) atoms. The SMILES string of the molecule is CCN(C(=O)C1(CC)CCCNC1)c1ccc(C)cc1. The van der Waals surface area contributed by atoms with E-state index >= 15 is 0 Å². The maximum absolute atomic E-state index is 13.1. The molecule has 1 atom stereocenters. The van der Waals surface area contributed by atoms with Crippen molar-refractivity contribution in [3.8, 4) is 0 Å². The van der Waals surface area contributed by atoms with E-state index in [2.05, 4.69) is 50.4 Å². The summed E-state index contributed by atoms with van der Waals surface area (Å²) in [5.41, 5.74) is 2.02. The van der Waals surface area contributed by atoms with Gasteiger partial charge in [0.1, 0.15) is 0 Å². The Hall–Kier alpha value is -1.35. The predicted octanol–water partition coefficient (Wildman–Crippen LogP) is 3.13. The number of nitrogens with one attached hydrogen (secondary N) is 1. The maximum Gasteiger partial charge on any atom is 0.234 e. The number of rotatable bonds is 4. The number of aryl methyl sites for hydroxylation is 1. The van der Waals surface area contributed by atoms with Crippen LogP contribution in [0, 0.1) is 12.3 Å². The molecule has 0 radical (unpaired) electrons. The first-order valence-corrected chi connectivity index (χ1v) is 7.72. The number of anilines is 1. The van der Waals surface area contributed by atoms with Crippen molar-refractivity contribution in [2.75, 3.05) is 24.5 Å². The lowest BCUT2D eigenvalue weighted by atomic mass is 9.77. The fraction of sp³-hybridized carbons (Fsp3) is 0.588. The molecule has 110 valence electrons. The minimum Gasteiger partial charge on any atom is -0.316 e. The molecule has 3 heteroatoms. The van der Waals surface area contributed by atoms with Gasteiger partial charge in [-0.2, -0.15) is 0 Å². The number of hydrogen-bond donors (Lipinski definition) is 1. The molecule has 3 nitrogen and oxygen atoms in total. The molecule has 1 aromatic carbocycles. The summed E-state index contributed by atoms with van der Waals surface area (Å²) in [5, 5.41) is 3.40. The van der Waals surface area contributed by atoms with E-state index in [1.54, 1.807) is 0 Å². The Morgan fingerprint density at radius 1 is 1.30 bits per heavy atom. The van der Waals surface area contributed by atoms with Gasteiger partial charge in [0.2, 0.25) is 5.91 Å². The van der Waals surface area contributed by atoms with Gasteiger partial charge in [0, 0.05) is 18.8 Å². The van der Waals surface area contributed by atoms with Crippen LogP contribution in [-0.4, -0.2) is 25.5 Å². The van der Waals surface area contributed by atoms with E-state index in [9.17, 15) is 4.79 Å². The molecule has 0 spiro atoms. The van der Waals surface area contributed by atoms with Crippen molar-refractivity contribution in [2.45, 2.75) is 40.0 Å². The van der Waals surface area contributed by atoms with E-state index in [0.717, 1.165) is 44.6 Å². The van der Waals surface area contributed by atoms with Gasteiger partial charge in [0.05, 0.1) is 5.41 Å². The third-order valence-corrected chi connectivity index (χ3v) is 4.51. The Balaban J connectivity index is 2.25. The van der Waals surface area contributed by atoms with E-state index in [-0.39, 0.29) is 11.3 Å². The van der Waals surface area contributed by atoms with Crippen molar-refractivity contribution >= 4 is 11.6 Å². The molecule has 1 unspecified atom stereocenters. The number of hydrogen-bond acceptors (Lipinski definition) is 2. The summed E-state index contributed by atoms with van der Waals surface area (Å²) in [7, 11) is 0. The molecule has 0 aromatic heterocycles. The number of nitrogens with zero attached hydrogens (tertiary/aromatic N) is 1. The molecule has 1 saturated heterocycles. The molecule has 2 rings (SSSR count). The van der Waals surface area contributed by atoms with Gasteiger partial charge in [0.15, 0.2) is 0 Å². The summed E-state index contributed by atoms with van der Waals surface area (Å²) in [5.74, 6) is 0.276. The molecule has 1 aromatic rings. The fourth-order valence-corrected chi connectivity index (χ4v) is 3.06. The van der Waals surface area contributed by atoms with E-state index in [4.69, 9.17) is 0 Å². The summed E-state index contributed by atoms with van der Waals surface area (Å²) in [6, 6.07) is 8.25. The number of carbonyl (C=O) groups excluding carboxylic acids is 1. The van der Waals surface area contributed by atoms with Crippen molar-refractivity contribution in [1.29, 1.82) is 0 Å². The zero-order valence-corrected chi connectivity index (χ0v) is 12.9. The van der Waals surface area contributed by atoms with E-state index < -0.39 is 0 Å². The van der Waals surface area contributed by atoms with Crippen LogP contribution in [0.25, 0.3) is 0 Å². The quantitative estimate of drug-likeness (QED) is 0.915. The van der Waals surface area contributed by atoms with Crippen LogP contribution in [-0.2, 0) is 4.79 Å². The van der Waals surface area contributed by atoms with Gasteiger partial charge in [-0.15, -0.1) is 0 Å². The Bertz CT molecular complexity index is 447. The van der Waals surface area contributed by atoms with Gasteiger partial charge in [0.25, 0.3) is 0 Å². The minimum absolute atomic E-state index is 0.223. The summed E-state index contributed by atoms with van der Waals surface area (Å²) >= 11 is 0. The topological polar surface area (TPSA) is 32.3 Å². The van der Waals surface area contributed by atoms with Crippen molar-refractivity contribution in [3.63, 3.8) is 0 Å². The molecule has 0 aliphatic carbocycles. The third-order valence-electron chi connectivity index (χ3n) is 4.51. The summed E-state index contributed by atoms with van der Waals surface area (Å²) in [6.45, 7) is 8.83. The highest BCUT2D eigenvalue weighted by molar-refractivity contribution is 5.97. The average Bonchev–Trinajstić information content (AvgIpc) is 2.50. The van der Waals surface area contributed by atoms with Crippen molar-refractivity contribution in [1.82, 2.24) is 5.32 Å². The van der Waals surface area contributed by atoms with E-state index in [1.807, 2.05) is 4.90 Å². The second-order valence-electron chi connectivity index (χ2n) is 5.80. The molecule has 0 saturated carbocycles. The number of benzene rings is 1. The smallest absolute Gasteiger partial charge is 0.234 e. The molecule has 1 fully saturated rings. The first-order valence-electron chi connectivity index (χ1n) is 7.72. The number of amides is 1. The van der Waals surface area contributed by atoms with Gasteiger partial charge in [-0.3, -0.25) is 4.79 Å². The van der Waals surface area contributed by atoms with Crippen LogP contribution in [0.15, 0.2) is 24.3 Å². The number of carbonyl (C=O) groups is 1. The maximum atomic E-state index is 13.1. The van der Waals surface area contributed by atoms with Crippen LogP contribution in [0.4, 0.5) is 5.69 Å². The second kappa shape index (κ2) is 6.40. The van der Waals surface area contributed by atoms with Crippen molar-refractivity contribution in [3.05, 3.63) is 29.8 Å². The van der Waals surface area contributed by atoms with Crippen LogP contribution in [0.3, 0.4) is 0 Å². The van der Waals surface area contributed by atoms with Crippen molar-refractivity contribution in [2.24, 2.45) is 5.41 Å². The second-order valence-corrected chi connectivity index (χ2v) is 5.80. The Morgan fingerprint density at radius 2 is 2.00 bits per heavy atom. The van der Waals surface area contributed by atoms with Gasteiger partial charge >= 0.3 is 0 Å². The van der Waals surface area contributed by atoms with E-state index in [0.29, 0.717) is 0 Å². The zero-order valence-electron chi connectivity index (χ0n) is 12.9. The molecule has 1 aliphatic heterocycles. The summed E-state index contributed by atoms with van der Waals surface area (Å²) < 4.78 is 0. The molecule has 1 heterocycles.